The molecule has 5 heteroatoms. The first-order valence-electron chi connectivity index (χ1n) is 5.96. The smallest absolute Gasteiger partial charge is 0.264 e. The third kappa shape index (κ3) is 2.21. The van der Waals surface area contributed by atoms with E-state index >= 15 is 0 Å². The van der Waals surface area contributed by atoms with Crippen LogP contribution in [0.5, 0.6) is 0 Å². The molecule has 0 unspecified atom stereocenters. The molecule has 0 atom stereocenters. The fraction of sp³-hybridized carbons (Fsp3) is 0.143. The molecule has 2 aromatic heterocycles. The molecule has 0 radical (unpaired) electrons. The number of aromatic amines is 1. The van der Waals surface area contributed by atoms with Crippen molar-refractivity contribution < 1.29 is 0 Å². The molecule has 0 amide bonds. The van der Waals surface area contributed by atoms with Crippen molar-refractivity contribution in [1.82, 2.24) is 9.97 Å². The van der Waals surface area contributed by atoms with Gasteiger partial charge in [0.25, 0.3) is 5.56 Å². The summed E-state index contributed by atoms with van der Waals surface area (Å²) in [4.78, 5) is 19.4. The van der Waals surface area contributed by atoms with Crippen LogP contribution < -0.4 is 5.56 Å². The van der Waals surface area contributed by atoms with Gasteiger partial charge in [0.15, 0.2) is 0 Å². The van der Waals surface area contributed by atoms with Crippen LogP contribution in [0.2, 0.25) is 0 Å². The van der Waals surface area contributed by atoms with Crippen LogP contribution in [0.3, 0.4) is 0 Å². The Morgan fingerprint density at radius 1 is 1.37 bits per heavy atom. The van der Waals surface area contributed by atoms with E-state index in [9.17, 15) is 4.79 Å². The lowest BCUT2D eigenvalue weighted by Gasteiger charge is -2.04. The van der Waals surface area contributed by atoms with E-state index in [1.54, 1.807) is 11.3 Å². The summed E-state index contributed by atoms with van der Waals surface area (Å²) in [7, 11) is 0. The zero-order valence-corrected chi connectivity index (χ0v) is 13.2. The van der Waals surface area contributed by atoms with Gasteiger partial charge in [-0.05, 0) is 35.1 Å². The number of aromatic nitrogens is 2. The number of halogens is 1. The number of H-pyrrole nitrogens is 1. The summed E-state index contributed by atoms with van der Waals surface area (Å²) in [5.74, 6) is 0.666. The summed E-state index contributed by atoms with van der Waals surface area (Å²) in [6.07, 6.45) is 0.761. The standard InChI is InChI=1S/C14H11IN2OS/c1-2-10-12(15)14(18)17-13(16-10)9-7-19-11-6-4-3-5-8(9)11/h3-7H,2H2,1H3,(H,16,17,18). The van der Waals surface area contributed by atoms with Gasteiger partial charge in [0.2, 0.25) is 0 Å². The highest BCUT2D eigenvalue weighted by atomic mass is 127. The molecule has 0 saturated carbocycles. The van der Waals surface area contributed by atoms with Crippen molar-refractivity contribution in [2.75, 3.05) is 0 Å². The van der Waals surface area contributed by atoms with Gasteiger partial charge in [0.05, 0.1) is 9.26 Å². The Hall–Kier alpha value is -1.21. The molecule has 2 heterocycles. The van der Waals surface area contributed by atoms with Crippen molar-refractivity contribution in [1.29, 1.82) is 0 Å². The van der Waals surface area contributed by atoms with E-state index in [1.807, 2.05) is 19.1 Å². The molecule has 3 rings (SSSR count). The van der Waals surface area contributed by atoms with Gasteiger partial charge < -0.3 is 4.98 Å². The maximum Gasteiger partial charge on any atom is 0.264 e. The monoisotopic (exact) mass is 382 g/mol. The van der Waals surface area contributed by atoms with Crippen molar-refractivity contribution in [3.63, 3.8) is 0 Å². The van der Waals surface area contributed by atoms with Gasteiger partial charge in [-0.2, -0.15) is 0 Å². The van der Waals surface area contributed by atoms with Crippen LogP contribution in [-0.4, -0.2) is 9.97 Å². The molecule has 0 spiro atoms. The topological polar surface area (TPSA) is 45.8 Å². The Morgan fingerprint density at radius 2 is 2.16 bits per heavy atom. The third-order valence-corrected chi connectivity index (χ3v) is 5.08. The average Bonchev–Trinajstić information content (AvgIpc) is 2.85. The number of fused-ring (bicyclic) bond motifs is 1. The highest BCUT2D eigenvalue weighted by Gasteiger charge is 2.12. The van der Waals surface area contributed by atoms with Crippen molar-refractivity contribution in [2.24, 2.45) is 0 Å². The summed E-state index contributed by atoms with van der Waals surface area (Å²) in [6.45, 7) is 2.01. The Balaban J connectivity index is 2.27. The lowest BCUT2D eigenvalue weighted by Crippen LogP contribution is -2.15. The fourth-order valence-electron chi connectivity index (χ4n) is 2.03. The molecule has 1 aromatic carbocycles. The number of benzene rings is 1. The summed E-state index contributed by atoms with van der Waals surface area (Å²) >= 11 is 3.72. The second-order valence-corrected chi connectivity index (χ2v) is 6.16. The largest absolute Gasteiger partial charge is 0.306 e. The highest BCUT2D eigenvalue weighted by Crippen LogP contribution is 2.31. The first-order chi connectivity index (χ1) is 9.20. The number of hydrogen-bond acceptors (Lipinski definition) is 3. The summed E-state index contributed by atoms with van der Waals surface area (Å²) in [6, 6.07) is 8.16. The van der Waals surface area contributed by atoms with Crippen molar-refractivity contribution in [2.45, 2.75) is 13.3 Å². The third-order valence-electron chi connectivity index (χ3n) is 3.00. The molecule has 96 valence electrons. The lowest BCUT2D eigenvalue weighted by atomic mass is 10.1. The molecule has 3 nitrogen and oxygen atoms in total. The lowest BCUT2D eigenvalue weighted by molar-refractivity contribution is 0.970. The second kappa shape index (κ2) is 5.05. The number of nitrogens with zero attached hydrogens (tertiary/aromatic N) is 1. The minimum absolute atomic E-state index is 0.0577. The van der Waals surface area contributed by atoms with Crippen LogP contribution in [0.4, 0.5) is 0 Å². The predicted molar refractivity (Wildman–Crippen MR) is 87.8 cm³/mol. The molecule has 1 N–H and O–H groups in total. The number of rotatable bonds is 2. The molecule has 0 fully saturated rings. The minimum Gasteiger partial charge on any atom is -0.306 e. The van der Waals surface area contributed by atoms with E-state index < -0.39 is 0 Å². The highest BCUT2D eigenvalue weighted by molar-refractivity contribution is 14.1. The van der Waals surface area contributed by atoms with E-state index in [1.165, 1.54) is 4.70 Å². The molecule has 0 bridgehead atoms. The van der Waals surface area contributed by atoms with E-state index in [4.69, 9.17) is 0 Å². The number of hydrogen-bond donors (Lipinski definition) is 1. The maximum atomic E-state index is 12.0. The molecule has 3 aromatic rings. The summed E-state index contributed by atoms with van der Waals surface area (Å²) < 4.78 is 1.89. The fourth-order valence-corrected chi connectivity index (χ4v) is 3.61. The number of nitrogens with one attached hydrogen (secondary N) is 1. The molecule has 0 aliphatic carbocycles. The molecule has 0 saturated heterocycles. The van der Waals surface area contributed by atoms with Gasteiger partial charge in [-0.3, -0.25) is 4.79 Å². The van der Waals surface area contributed by atoms with Gasteiger partial charge in [0, 0.05) is 21.0 Å². The van der Waals surface area contributed by atoms with Crippen molar-refractivity contribution >= 4 is 44.0 Å². The first-order valence-corrected chi connectivity index (χ1v) is 7.92. The van der Waals surface area contributed by atoms with Crippen LogP contribution in [-0.2, 0) is 6.42 Å². The van der Waals surface area contributed by atoms with Gasteiger partial charge >= 0.3 is 0 Å². The Labute approximate surface area is 127 Å². The zero-order chi connectivity index (χ0) is 13.4. The Morgan fingerprint density at radius 3 is 2.95 bits per heavy atom. The first kappa shape index (κ1) is 12.8. The Kier molecular flexibility index (Phi) is 3.40. The molecular weight excluding hydrogens is 371 g/mol. The van der Waals surface area contributed by atoms with Crippen LogP contribution in [0.25, 0.3) is 21.5 Å². The quantitative estimate of drug-likeness (QED) is 0.685. The number of thiophene rings is 1. The van der Waals surface area contributed by atoms with Gasteiger partial charge in [-0.15, -0.1) is 11.3 Å². The Bertz CT molecular complexity index is 807. The molecule has 19 heavy (non-hydrogen) atoms. The van der Waals surface area contributed by atoms with E-state index in [0.29, 0.717) is 9.39 Å². The molecular formula is C14H11IN2OS. The van der Waals surface area contributed by atoms with Crippen molar-refractivity contribution in [3.05, 3.63) is 49.3 Å². The van der Waals surface area contributed by atoms with E-state index in [0.717, 1.165) is 23.1 Å². The van der Waals surface area contributed by atoms with E-state index in [2.05, 4.69) is 50.1 Å². The predicted octanol–water partition coefficient (Wildman–Crippen LogP) is 3.82. The van der Waals surface area contributed by atoms with Crippen LogP contribution in [0, 0.1) is 3.57 Å². The second-order valence-electron chi connectivity index (χ2n) is 4.17. The molecule has 0 aliphatic heterocycles. The van der Waals surface area contributed by atoms with Gasteiger partial charge in [-0.25, -0.2) is 4.98 Å². The minimum atomic E-state index is -0.0577. The zero-order valence-electron chi connectivity index (χ0n) is 10.2. The normalized spacial score (nSPS) is 11.1. The summed E-state index contributed by atoms with van der Waals surface area (Å²) in [5, 5.41) is 3.19. The average molecular weight is 382 g/mol. The molecule has 0 aliphatic rings. The van der Waals surface area contributed by atoms with Crippen LogP contribution in [0.15, 0.2) is 34.4 Å². The van der Waals surface area contributed by atoms with Crippen LogP contribution in [0.1, 0.15) is 12.6 Å². The number of aryl methyl sites for hydroxylation is 1. The maximum absolute atomic E-state index is 12.0. The van der Waals surface area contributed by atoms with Gasteiger partial charge in [-0.1, -0.05) is 25.1 Å². The SMILES string of the molecule is CCc1nc(-c2csc3ccccc23)[nH]c(=O)c1I. The van der Waals surface area contributed by atoms with Crippen LogP contribution >= 0.6 is 33.9 Å². The van der Waals surface area contributed by atoms with Crippen molar-refractivity contribution in [3.8, 4) is 11.4 Å². The summed E-state index contributed by atoms with van der Waals surface area (Å²) in [5.41, 5.74) is 1.80. The van der Waals surface area contributed by atoms with E-state index in [-0.39, 0.29) is 5.56 Å². The van der Waals surface area contributed by atoms with Gasteiger partial charge in [0.1, 0.15) is 5.82 Å².